The molecule has 23 heavy (non-hydrogen) atoms. The van der Waals surface area contributed by atoms with E-state index in [1.165, 1.54) is 0 Å². The zero-order valence-electron chi connectivity index (χ0n) is 13.6. The number of piperidine rings is 1. The van der Waals surface area contributed by atoms with E-state index in [2.05, 4.69) is 41.1 Å². The first-order valence-electron chi connectivity index (χ1n) is 8.17. The number of hydrogen-bond acceptors (Lipinski definition) is 3. The summed E-state index contributed by atoms with van der Waals surface area (Å²) in [4.78, 5) is 17.9. The summed E-state index contributed by atoms with van der Waals surface area (Å²) in [6.45, 7) is 4.92. The fourth-order valence-corrected chi connectivity index (χ4v) is 3.44. The van der Waals surface area contributed by atoms with Gasteiger partial charge in [-0.2, -0.15) is 0 Å². The summed E-state index contributed by atoms with van der Waals surface area (Å²) in [5.74, 6) is 0.245. The van der Waals surface area contributed by atoms with Gasteiger partial charge in [0.25, 0.3) is 0 Å². The Morgan fingerprint density at radius 3 is 2.65 bits per heavy atom. The first-order valence-corrected chi connectivity index (χ1v) is 8.17. The number of carboxylic acid groups (broad SMARTS) is 1. The van der Waals surface area contributed by atoms with Gasteiger partial charge in [-0.05, 0) is 50.9 Å². The van der Waals surface area contributed by atoms with Gasteiger partial charge in [-0.25, -0.2) is 4.98 Å². The summed E-state index contributed by atoms with van der Waals surface area (Å²) in [7, 11) is 0. The molecule has 2 heterocycles. The maximum atomic E-state index is 11.5. The lowest BCUT2D eigenvalue weighted by Crippen LogP contribution is -2.45. The number of rotatable bonds is 4. The van der Waals surface area contributed by atoms with Gasteiger partial charge in [0, 0.05) is 24.1 Å². The van der Waals surface area contributed by atoms with Gasteiger partial charge in [0.15, 0.2) is 0 Å². The maximum absolute atomic E-state index is 11.5. The number of nitrogens with zero attached hydrogens (tertiary/aromatic N) is 3. The molecule has 5 heteroatoms. The summed E-state index contributed by atoms with van der Waals surface area (Å²) < 4.78 is 2.04. The molecule has 1 saturated heterocycles. The number of likely N-dealkylation sites (tertiary alicyclic amines) is 1. The van der Waals surface area contributed by atoms with E-state index in [9.17, 15) is 9.90 Å². The number of hydrogen-bond donors (Lipinski definition) is 1. The van der Waals surface area contributed by atoms with E-state index in [4.69, 9.17) is 0 Å². The molecule has 1 aliphatic rings. The number of benzene rings is 1. The molecule has 1 N–H and O–H groups in total. The number of carboxylic acids is 1. The standard InChI is InChI=1S/C18H23N3O2/c1-13(20-11-4-3-5-17(20)18(22)23)15-6-8-16(9-7-15)21-12-10-19-14(21)2/h6-10,12-13,17H,3-5,11H2,1-2H3,(H,22,23). The molecule has 5 nitrogen and oxygen atoms in total. The van der Waals surface area contributed by atoms with Gasteiger partial charge in [-0.15, -0.1) is 0 Å². The van der Waals surface area contributed by atoms with Crippen LogP contribution < -0.4 is 0 Å². The van der Waals surface area contributed by atoms with Gasteiger partial charge in [-0.1, -0.05) is 18.6 Å². The Labute approximate surface area is 136 Å². The van der Waals surface area contributed by atoms with Crippen LogP contribution in [0.5, 0.6) is 0 Å². The topological polar surface area (TPSA) is 58.4 Å². The predicted octanol–water partition coefficient (Wildman–Crippen LogP) is 3.18. The van der Waals surface area contributed by atoms with Crippen molar-refractivity contribution in [1.29, 1.82) is 0 Å². The average Bonchev–Trinajstić information content (AvgIpc) is 3.00. The predicted molar refractivity (Wildman–Crippen MR) is 88.7 cm³/mol. The zero-order valence-corrected chi connectivity index (χ0v) is 13.6. The second-order valence-electron chi connectivity index (χ2n) is 6.20. The van der Waals surface area contributed by atoms with Crippen molar-refractivity contribution in [3.63, 3.8) is 0 Å². The smallest absolute Gasteiger partial charge is 0.320 e. The number of imidazole rings is 1. The molecule has 122 valence electrons. The first-order chi connectivity index (χ1) is 11.1. The normalized spacial score (nSPS) is 20.3. The zero-order chi connectivity index (χ0) is 16.4. The monoisotopic (exact) mass is 313 g/mol. The van der Waals surface area contributed by atoms with Crippen molar-refractivity contribution in [3.8, 4) is 5.69 Å². The minimum absolute atomic E-state index is 0.106. The third-order valence-corrected chi connectivity index (χ3v) is 4.81. The maximum Gasteiger partial charge on any atom is 0.320 e. The van der Waals surface area contributed by atoms with Crippen LogP contribution >= 0.6 is 0 Å². The Balaban J connectivity index is 1.81. The van der Waals surface area contributed by atoms with Gasteiger partial charge in [0.1, 0.15) is 11.9 Å². The molecule has 1 aliphatic heterocycles. The molecule has 2 unspecified atom stereocenters. The molecule has 0 bridgehead atoms. The lowest BCUT2D eigenvalue weighted by atomic mass is 9.97. The number of aromatic nitrogens is 2. The van der Waals surface area contributed by atoms with Crippen LogP contribution in [-0.2, 0) is 4.79 Å². The first kappa shape index (κ1) is 15.7. The molecule has 2 aromatic rings. The quantitative estimate of drug-likeness (QED) is 0.942. The fraction of sp³-hybridized carbons (Fsp3) is 0.444. The Bertz CT molecular complexity index is 678. The van der Waals surface area contributed by atoms with Crippen molar-refractivity contribution in [2.45, 2.75) is 45.2 Å². The Morgan fingerprint density at radius 2 is 2.04 bits per heavy atom. The van der Waals surface area contributed by atoms with E-state index in [-0.39, 0.29) is 12.1 Å². The van der Waals surface area contributed by atoms with E-state index in [0.717, 1.165) is 42.9 Å². The van der Waals surface area contributed by atoms with Crippen molar-refractivity contribution in [1.82, 2.24) is 14.5 Å². The second kappa shape index (κ2) is 6.54. The summed E-state index contributed by atoms with van der Waals surface area (Å²) >= 11 is 0. The number of carbonyl (C=O) groups is 1. The summed E-state index contributed by atoms with van der Waals surface area (Å²) in [5, 5.41) is 9.45. The van der Waals surface area contributed by atoms with E-state index in [1.807, 2.05) is 17.7 Å². The van der Waals surface area contributed by atoms with Gasteiger partial charge in [-0.3, -0.25) is 9.69 Å². The fourth-order valence-electron chi connectivity index (χ4n) is 3.44. The number of aryl methyl sites for hydroxylation is 1. The molecule has 0 radical (unpaired) electrons. The highest BCUT2D eigenvalue weighted by Crippen LogP contribution is 2.29. The molecule has 1 aromatic heterocycles. The lowest BCUT2D eigenvalue weighted by molar-refractivity contribution is -0.145. The van der Waals surface area contributed by atoms with Crippen LogP contribution in [0.2, 0.25) is 0 Å². The molecule has 0 saturated carbocycles. The van der Waals surface area contributed by atoms with Crippen LogP contribution in [0.1, 0.15) is 43.6 Å². The van der Waals surface area contributed by atoms with E-state index < -0.39 is 5.97 Å². The molecule has 0 amide bonds. The van der Waals surface area contributed by atoms with E-state index >= 15 is 0 Å². The molecule has 2 atom stereocenters. The van der Waals surface area contributed by atoms with Gasteiger partial charge < -0.3 is 9.67 Å². The Morgan fingerprint density at radius 1 is 1.30 bits per heavy atom. The van der Waals surface area contributed by atoms with Crippen LogP contribution in [0.15, 0.2) is 36.7 Å². The van der Waals surface area contributed by atoms with E-state index in [1.54, 1.807) is 6.20 Å². The van der Waals surface area contributed by atoms with Gasteiger partial charge >= 0.3 is 5.97 Å². The summed E-state index contributed by atoms with van der Waals surface area (Å²) in [6, 6.07) is 8.06. The van der Waals surface area contributed by atoms with Crippen molar-refractivity contribution in [2.24, 2.45) is 0 Å². The van der Waals surface area contributed by atoms with Crippen LogP contribution in [0.25, 0.3) is 5.69 Å². The highest BCUT2D eigenvalue weighted by Gasteiger charge is 2.32. The summed E-state index contributed by atoms with van der Waals surface area (Å²) in [6.07, 6.45) is 6.54. The van der Waals surface area contributed by atoms with Crippen LogP contribution in [0.3, 0.4) is 0 Å². The highest BCUT2D eigenvalue weighted by molar-refractivity contribution is 5.73. The minimum Gasteiger partial charge on any atom is -0.480 e. The van der Waals surface area contributed by atoms with Crippen molar-refractivity contribution in [3.05, 3.63) is 48.0 Å². The summed E-state index contributed by atoms with van der Waals surface area (Å²) in [5.41, 5.74) is 2.23. The molecule has 3 rings (SSSR count). The van der Waals surface area contributed by atoms with Crippen LogP contribution in [0, 0.1) is 6.92 Å². The highest BCUT2D eigenvalue weighted by atomic mass is 16.4. The SMILES string of the molecule is Cc1nccn1-c1ccc(C(C)N2CCCCC2C(=O)O)cc1. The lowest BCUT2D eigenvalue weighted by Gasteiger charge is -2.37. The molecule has 1 aromatic carbocycles. The molecular formula is C18H23N3O2. The third-order valence-electron chi connectivity index (χ3n) is 4.81. The molecule has 1 fully saturated rings. The number of aliphatic carboxylic acids is 1. The van der Waals surface area contributed by atoms with Crippen molar-refractivity contribution >= 4 is 5.97 Å². The van der Waals surface area contributed by atoms with Crippen molar-refractivity contribution < 1.29 is 9.90 Å². The third kappa shape index (κ3) is 3.15. The Kier molecular flexibility index (Phi) is 4.48. The Hall–Kier alpha value is -2.14. The van der Waals surface area contributed by atoms with Crippen molar-refractivity contribution in [2.75, 3.05) is 6.54 Å². The van der Waals surface area contributed by atoms with Crippen LogP contribution in [0.4, 0.5) is 0 Å². The average molecular weight is 313 g/mol. The van der Waals surface area contributed by atoms with E-state index in [0.29, 0.717) is 0 Å². The van der Waals surface area contributed by atoms with Crippen LogP contribution in [-0.4, -0.2) is 38.1 Å². The van der Waals surface area contributed by atoms with Gasteiger partial charge in [0.05, 0.1) is 0 Å². The minimum atomic E-state index is -0.706. The van der Waals surface area contributed by atoms with Gasteiger partial charge in [0.2, 0.25) is 0 Å². The molecule has 0 spiro atoms. The molecular weight excluding hydrogens is 290 g/mol. The molecule has 0 aliphatic carbocycles. The second-order valence-corrected chi connectivity index (χ2v) is 6.20. The largest absolute Gasteiger partial charge is 0.480 e.